The highest BCUT2D eigenvalue weighted by molar-refractivity contribution is 5.78. The average molecular weight is 343 g/mol. The summed E-state index contributed by atoms with van der Waals surface area (Å²) in [6.07, 6.45) is 3.78. The first kappa shape index (κ1) is 17.6. The molecule has 1 saturated heterocycles. The quantitative estimate of drug-likeness (QED) is 0.804. The van der Waals surface area contributed by atoms with E-state index in [2.05, 4.69) is 15.6 Å². The van der Waals surface area contributed by atoms with E-state index in [1.807, 2.05) is 30.3 Å². The number of nitrogens with one attached hydrogen (secondary N) is 2. The molecule has 6 nitrogen and oxygen atoms in total. The van der Waals surface area contributed by atoms with Crippen LogP contribution in [0.4, 0.5) is 0 Å². The van der Waals surface area contributed by atoms with Crippen LogP contribution in [0, 0.1) is 5.41 Å². The second-order valence-corrected chi connectivity index (χ2v) is 6.65. The van der Waals surface area contributed by atoms with Crippen LogP contribution in [-0.4, -0.2) is 44.2 Å². The molecule has 134 valence electrons. The molecule has 0 atom stereocenters. The third-order valence-electron chi connectivity index (χ3n) is 4.69. The number of amides is 1. The number of rotatable bonds is 7. The van der Waals surface area contributed by atoms with Crippen molar-refractivity contribution in [2.24, 2.45) is 5.41 Å². The molecule has 0 unspecified atom stereocenters. The lowest BCUT2D eigenvalue weighted by Crippen LogP contribution is -2.47. The molecule has 1 aliphatic rings. The van der Waals surface area contributed by atoms with Crippen LogP contribution in [0.3, 0.4) is 0 Å². The number of benzene rings is 1. The van der Waals surface area contributed by atoms with Gasteiger partial charge < -0.3 is 19.8 Å². The topological polar surface area (TPSA) is 76.4 Å². The van der Waals surface area contributed by atoms with Gasteiger partial charge in [-0.2, -0.15) is 0 Å². The predicted octanol–water partition coefficient (Wildman–Crippen LogP) is 2.02. The normalized spacial score (nSPS) is 16.5. The molecule has 1 amide bonds. The van der Waals surface area contributed by atoms with Gasteiger partial charge in [0.15, 0.2) is 0 Å². The Hall–Kier alpha value is -2.18. The van der Waals surface area contributed by atoms with Gasteiger partial charge in [-0.25, -0.2) is 4.98 Å². The van der Waals surface area contributed by atoms with E-state index in [9.17, 15) is 4.79 Å². The largest absolute Gasteiger partial charge is 0.444 e. The predicted molar refractivity (Wildman–Crippen MR) is 95.1 cm³/mol. The SMILES string of the molecule is COCC1(CNC(=O)Cc2coc(-c3ccccc3)n2)CCNCC1. The van der Waals surface area contributed by atoms with Crippen LogP contribution in [-0.2, 0) is 16.0 Å². The van der Waals surface area contributed by atoms with Crippen molar-refractivity contribution in [3.05, 3.63) is 42.3 Å². The Balaban J connectivity index is 1.55. The summed E-state index contributed by atoms with van der Waals surface area (Å²) in [6.45, 7) is 3.22. The lowest BCUT2D eigenvalue weighted by Gasteiger charge is -2.37. The molecule has 0 bridgehead atoms. The zero-order valence-corrected chi connectivity index (χ0v) is 14.6. The van der Waals surface area contributed by atoms with Crippen molar-refractivity contribution in [3.63, 3.8) is 0 Å². The van der Waals surface area contributed by atoms with E-state index in [0.717, 1.165) is 31.5 Å². The Morgan fingerprint density at radius 1 is 1.32 bits per heavy atom. The fraction of sp³-hybridized carbons (Fsp3) is 0.474. The smallest absolute Gasteiger partial charge is 0.226 e. The standard InChI is InChI=1S/C19H25N3O3/c1-24-14-19(7-9-20-10-8-19)13-21-17(23)11-16-12-25-18(22-16)15-5-3-2-4-6-15/h2-6,12,20H,7-11,13-14H2,1H3,(H,21,23). The van der Waals surface area contributed by atoms with E-state index >= 15 is 0 Å². The summed E-state index contributed by atoms with van der Waals surface area (Å²) >= 11 is 0. The Morgan fingerprint density at radius 2 is 2.08 bits per heavy atom. The molecule has 2 heterocycles. The van der Waals surface area contributed by atoms with Gasteiger partial charge in [-0.1, -0.05) is 18.2 Å². The molecule has 0 aliphatic carbocycles. The van der Waals surface area contributed by atoms with E-state index in [1.165, 1.54) is 0 Å². The van der Waals surface area contributed by atoms with Crippen LogP contribution >= 0.6 is 0 Å². The molecule has 0 saturated carbocycles. The molecular formula is C19H25N3O3. The third kappa shape index (κ3) is 4.67. The Labute approximate surface area is 148 Å². The van der Waals surface area contributed by atoms with Crippen LogP contribution < -0.4 is 10.6 Å². The molecular weight excluding hydrogens is 318 g/mol. The first-order valence-corrected chi connectivity index (χ1v) is 8.67. The lowest BCUT2D eigenvalue weighted by molar-refractivity contribution is -0.121. The number of aromatic nitrogens is 1. The van der Waals surface area contributed by atoms with Crippen molar-refractivity contribution >= 4 is 5.91 Å². The minimum Gasteiger partial charge on any atom is -0.444 e. The molecule has 6 heteroatoms. The summed E-state index contributed by atoms with van der Waals surface area (Å²) in [5.41, 5.74) is 1.57. The van der Waals surface area contributed by atoms with E-state index in [4.69, 9.17) is 9.15 Å². The molecule has 1 fully saturated rings. The molecule has 2 aromatic rings. The van der Waals surface area contributed by atoms with E-state index in [0.29, 0.717) is 24.7 Å². The van der Waals surface area contributed by atoms with Crippen molar-refractivity contribution in [2.45, 2.75) is 19.3 Å². The van der Waals surface area contributed by atoms with Crippen LogP contribution in [0.5, 0.6) is 0 Å². The maximum atomic E-state index is 12.3. The van der Waals surface area contributed by atoms with Crippen molar-refractivity contribution in [3.8, 4) is 11.5 Å². The number of ether oxygens (including phenoxy) is 1. The highest BCUT2D eigenvalue weighted by Crippen LogP contribution is 2.28. The number of oxazole rings is 1. The number of piperidine rings is 1. The van der Waals surface area contributed by atoms with Crippen LogP contribution in [0.25, 0.3) is 11.5 Å². The lowest BCUT2D eigenvalue weighted by atomic mass is 9.79. The monoisotopic (exact) mass is 343 g/mol. The van der Waals surface area contributed by atoms with Gasteiger partial charge in [0.25, 0.3) is 0 Å². The van der Waals surface area contributed by atoms with Gasteiger partial charge in [-0.3, -0.25) is 4.79 Å². The number of hydrogen-bond acceptors (Lipinski definition) is 5. The summed E-state index contributed by atoms with van der Waals surface area (Å²) in [4.78, 5) is 16.7. The summed E-state index contributed by atoms with van der Waals surface area (Å²) in [5, 5.41) is 6.40. The third-order valence-corrected chi connectivity index (χ3v) is 4.69. The van der Waals surface area contributed by atoms with Gasteiger partial charge in [0.2, 0.25) is 11.8 Å². The summed E-state index contributed by atoms with van der Waals surface area (Å²) in [7, 11) is 1.71. The molecule has 1 aromatic carbocycles. The second-order valence-electron chi connectivity index (χ2n) is 6.65. The number of hydrogen-bond donors (Lipinski definition) is 2. The van der Waals surface area contributed by atoms with Gasteiger partial charge >= 0.3 is 0 Å². The van der Waals surface area contributed by atoms with Crippen molar-refractivity contribution < 1.29 is 13.9 Å². The number of carbonyl (C=O) groups is 1. The second kappa shape index (κ2) is 8.27. The minimum atomic E-state index is -0.0399. The number of methoxy groups -OCH3 is 1. The first-order valence-electron chi connectivity index (χ1n) is 8.67. The Bertz CT molecular complexity index is 673. The molecule has 3 rings (SSSR count). The maximum absolute atomic E-state index is 12.3. The van der Waals surface area contributed by atoms with Gasteiger partial charge in [0, 0.05) is 24.6 Å². The molecule has 25 heavy (non-hydrogen) atoms. The molecule has 1 aliphatic heterocycles. The van der Waals surface area contributed by atoms with Gasteiger partial charge in [-0.15, -0.1) is 0 Å². The first-order chi connectivity index (χ1) is 12.2. The fourth-order valence-corrected chi connectivity index (χ4v) is 3.25. The zero-order chi connectivity index (χ0) is 17.5. The van der Waals surface area contributed by atoms with Crippen molar-refractivity contribution in [2.75, 3.05) is 33.4 Å². The highest BCUT2D eigenvalue weighted by atomic mass is 16.5. The van der Waals surface area contributed by atoms with Gasteiger partial charge in [-0.05, 0) is 38.1 Å². The minimum absolute atomic E-state index is 0.0225. The summed E-state index contributed by atoms with van der Waals surface area (Å²) in [5.74, 6) is 0.500. The van der Waals surface area contributed by atoms with E-state index in [-0.39, 0.29) is 17.7 Å². The Kier molecular flexibility index (Phi) is 5.83. The molecule has 1 aromatic heterocycles. The molecule has 0 radical (unpaired) electrons. The summed E-state index contributed by atoms with van der Waals surface area (Å²) in [6, 6.07) is 9.67. The van der Waals surface area contributed by atoms with Crippen LogP contribution in [0.15, 0.2) is 41.0 Å². The highest BCUT2D eigenvalue weighted by Gasteiger charge is 2.32. The van der Waals surface area contributed by atoms with Gasteiger partial charge in [0.1, 0.15) is 6.26 Å². The van der Waals surface area contributed by atoms with Gasteiger partial charge in [0.05, 0.1) is 18.7 Å². The fourth-order valence-electron chi connectivity index (χ4n) is 3.25. The molecule has 0 spiro atoms. The van der Waals surface area contributed by atoms with Crippen molar-refractivity contribution in [1.29, 1.82) is 0 Å². The average Bonchev–Trinajstić information content (AvgIpc) is 3.10. The zero-order valence-electron chi connectivity index (χ0n) is 14.6. The molecule has 2 N–H and O–H groups in total. The van der Waals surface area contributed by atoms with Crippen molar-refractivity contribution in [1.82, 2.24) is 15.6 Å². The maximum Gasteiger partial charge on any atom is 0.226 e. The van der Waals surface area contributed by atoms with E-state index in [1.54, 1.807) is 13.4 Å². The van der Waals surface area contributed by atoms with Crippen LogP contribution in [0.1, 0.15) is 18.5 Å². The Morgan fingerprint density at radius 3 is 2.80 bits per heavy atom. The summed E-state index contributed by atoms with van der Waals surface area (Å²) < 4.78 is 10.9. The number of carbonyl (C=O) groups excluding carboxylic acids is 1. The van der Waals surface area contributed by atoms with Crippen LogP contribution in [0.2, 0.25) is 0 Å². The number of nitrogens with zero attached hydrogens (tertiary/aromatic N) is 1. The van der Waals surface area contributed by atoms with E-state index < -0.39 is 0 Å².